The summed E-state index contributed by atoms with van der Waals surface area (Å²) in [7, 11) is -3.57. The molecule has 0 aliphatic rings. The lowest BCUT2D eigenvalue weighted by Gasteiger charge is -2.08. The molecule has 7 heteroatoms. The Kier molecular flexibility index (Phi) is 5.01. The number of benzene rings is 2. The molecule has 0 spiro atoms. The third kappa shape index (κ3) is 4.15. The normalized spacial score (nSPS) is 11.4. The third-order valence-corrected chi connectivity index (χ3v) is 5.61. The van der Waals surface area contributed by atoms with Gasteiger partial charge in [0.1, 0.15) is 0 Å². The van der Waals surface area contributed by atoms with Crippen molar-refractivity contribution in [1.29, 1.82) is 0 Å². The zero-order chi connectivity index (χ0) is 17.9. The Labute approximate surface area is 150 Å². The van der Waals surface area contributed by atoms with Gasteiger partial charge in [-0.1, -0.05) is 35.9 Å². The molecule has 1 amide bonds. The molecule has 3 rings (SSSR count). The van der Waals surface area contributed by atoms with Crippen molar-refractivity contribution in [1.82, 2.24) is 4.98 Å². The highest BCUT2D eigenvalue weighted by molar-refractivity contribution is 7.91. The summed E-state index contributed by atoms with van der Waals surface area (Å²) in [6, 6.07) is 15.1. The van der Waals surface area contributed by atoms with E-state index in [0.29, 0.717) is 16.2 Å². The van der Waals surface area contributed by atoms with Gasteiger partial charge in [-0.15, -0.1) is 0 Å². The summed E-state index contributed by atoms with van der Waals surface area (Å²) in [5.41, 5.74) is 1.22. The van der Waals surface area contributed by atoms with Crippen molar-refractivity contribution in [2.75, 3.05) is 11.1 Å². The van der Waals surface area contributed by atoms with Crippen molar-refractivity contribution in [3.8, 4) is 0 Å². The van der Waals surface area contributed by atoms with E-state index in [1.54, 1.807) is 24.4 Å². The lowest BCUT2D eigenvalue weighted by molar-refractivity contribution is -0.115. The van der Waals surface area contributed by atoms with Crippen LogP contribution in [0.1, 0.15) is 6.42 Å². The zero-order valence-electron chi connectivity index (χ0n) is 13.1. The van der Waals surface area contributed by atoms with Gasteiger partial charge in [0, 0.05) is 23.0 Å². The maximum absolute atomic E-state index is 12.3. The molecule has 5 nitrogen and oxygen atoms in total. The number of hydrogen-bond acceptors (Lipinski definition) is 4. The Morgan fingerprint density at radius 3 is 2.64 bits per heavy atom. The van der Waals surface area contributed by atoms with Crippen molar-refractivity contribution in [3.05, 3.63) is 65.8 Å². The fraction of sp³-hybridized carbons (Fsp3) is 0.111. The van der Waals surface area contributed by atoms with Crippen LogP contribution in [0, 0.1) is 0 Å². The average molecular weight is 375 g/mol. The molecule has 0 bridgehead atoms. The first-order valence-corrected chi connectivity index (χ1v) is 9.61. The molecule has 0 atom stereocenters. The number of carbonyl (C=O) groups is 1. The van der Waals surface area contributed by atoms with Crippen molar-refractivity contribution in [2.45, 2.75) is 11.3 Å². The summed E-state index contributed by atoms with van der Waals surface area (Å²) in [4.78, 5) is 16.5. The average Bonchev–Trinajstić information content (AvgIpc) is 2.60. The van der Waals surface area contributed by atoms with Gasteiger partial charge in [0.05, 0.1) is 21.9 Å². The van der Waals surface area contributed by atoms with Gasteiger partial charge < -0.3 is 5.32 Å². The second-order valence-corrected chi connectivity index (χ2v) is 8.00. The number of hydrogen-bond donors (Lipinski definition) is 1. The van der Waals surface area contributed by atoms with Crippen LogP contribution in [0.2, 0.25) is 5.02 Å². The molecule has 1 aromatic heterocycles. The highest BCUT2D eigenvalue weighted by Gasteiger charge is 2.17. The van der Waals surface area contributed by atoms with Crippen LogP contribution in [0.3, 0.4) is 0 Å². The molecule has 0 fully saturated rings. The van der Waals surface area contributed by atoms with E-state index in [9.17, 15) is 13.2 Å². The molecule has 2 aromatic carbocycles. The van der Waals surface area contributed by atoms with Gasteiger partial charge in [0.25, 0.3) is 0 Å². The minimum absolute atomic E-state index is 0.111. The summed E-state index contributed by atoms with van der Waals surface area (Å²) >= 11 is 5.83. The second-order valence-electron chi connectivity index (χ2n) is 5.46. The number of nitrogens with zero attached hydrogens (tertiary/aromatic N) is 1. The van der Waals surface area contributed by atoms with Crippen LogP contribution in [0.5, 0.6) is 0 Å². The number of nitrogens with one attached hydrogen (secondary N) is 1. The monoisotopic (exact) mass is 374 g/mol. The van der Waals surface area contributed by atoms with E-state index >= 15 is 0 Å². The molecule has 0 radical (unpaired) electrons. The van der Waals surface area contributed by atoms with Gasteiger partial charge in [-0.2, -0.15) is 0 Å². The number of amides is 1. The standard InChI is InChI=1S/C18H15ClN2O3S/c19-14-6-2-7-15(12-14)25(23,24)11-9-17(22)21-16-8-1-4-13-5-3-10-20-18(13)16/h1-8,10,12H,9,11H2,(H,21,22). The Bertz CT molecular complexity index is 1030. The molecular weight excluding hydrogens is 360 g/mol. The van der Waals surface area contributed by atoms with Gasteiger partial charge in [0.2, 0.25) is 5.91 Å². The van der Waals surface area contributed by atoms with Crippen LogP contribution in [0.15, 0.2) is 65.7 Å². The van der Waals surface area contributed by atoms with E-state index in [-0.39, 0.29) is 23.0 Å². The van der Waals surface area contributed by atoms with Gasteiger partial charge in [-0.05, 0) is 30.3 Å². The van der Waals surface area contributed by atoms with Gasteiger partial charge in [-0.3, -0.25) is 9.78 Å². The maximum Gasteiger partial charge on any atom is 0.225 e. The number of aromatic nitrogens is 1. The van der Waals surface area contributed by atoms with Gasteiger partial charge in [-0.25, -0.2) is 8.42 Å². The minimum Gasteiger partial charge on any atom is -0.324 e. The van der Waals surface area contributed by atoms with Gasteiger partial charge in [0.15, 0.2) is 9.84 Å². The molecule has 128 valence electrons. The topological polar surface area (TPSA) is 76.1 Å². The quantitative estimate of drug-likeness (QED) is 0.738. The SMILES string of the molecule is O=C(CCS(=O)(=O)c1cccc(Cl)c1)Nc1cccc2cccnc12. The van der Waals surface area contributed by atoms with Gasteiger partial charge >= 0.3 is 0 Å². The van der Waals surface area contributed by atoms with Crippen LogP contribution < -0.4 is 5.32 Å². The molecule has 1 N–H and O–H groups in total. The van der Waals surface area contributed by atoms with Crippen LogP contribution in [-0.2, 0) is 14.6 Å². The lowest BCUT2D eigenvalue weighted by Crippen LogP contribution is -2.17. The number of carbonyl (C=O) groups excluding carboxylic acids is 1. The van der Waals surface area contributed by atoms with Crippen LogP contribution >= 0.6 is 11.6 Å². The number of halogens is 1. The zero-order valence-corrected chi connectivity index (χ0v) is 14.7. The molecule has 0 saturated heterocycles. The number of anilines is 1. The highest BCUT2D eigenvalue weighted by Crippen LogP contribution is 2.21. The lowest BCUT2D eigenvalue weighted by atomic mass is 10.2. The van der Waals surface area contributed by atoms with E-state index in [1.165, 1.54) is 12.1 Å². The summed E-state index contributed by atoms with van der Waals surface area (Å²) in [6.45, 7) is 0. The molecule has 0 unspecified atom stereocenters. The van der Waals surface area contributed by atoms with Crippen LogP contribution in [0.25, 0.3) is 10.9 Å². The van der Waals surface area contributed by atoms with Crippen molar-refractivity contribution in [2.24, 2.45) is 0 Å². The van der Waals surface area contributed by atoms with Crippen LogP contribution in [-0.4, -0.2) is 25.1 Å². The number of fused-ring (bicyclic) bond motifs is 1. The summed E-state index contributed by atoms with van der Waals surface area (Å²) < 4.78 is 24.6. The first-order chi connectivity index (χ1) is 12.0. The van der Waals surface area contributed by atoms with E-state index in [2.05, 4.69) is 10.3 Å². The summed E-state index contributed by atoms with van der Waals surface area (Å²) in [5, 5.41) is 3.96. The van der Waals surface area contributed by atoms with Crippen molar-refractivity contribution < 1.29 is 13.2 Å². The Morgan fingerprint density at radius 1 is 1.08 bits per heavy atom. The van der Waals surface area contributed by atoms with E-state index in [0.717, 1.165) is 5.39 Å². The predicted octanol–water partition coefficient (Wildman–Crippen LogP) is 3.69. The first-order valence-electron chi connectivity index (χ1n) is 7.58. The molecule has 25 heavy (non-hydrogen) atoms. The number of para-hydroxylation sites is 1. The number of rotatable bonds is 5. The Hall–Kier alpha value is -2.44. The Morgan fingerprint density at radius 2 is 1.84 bits per heavy atom. The van der Waals surface area contributed by atoms with E-state index in [1.807, 2.05) is 24.3 Å². The van der Waals surface area contributed by atoms with Crippen LogP contribution in [0.4, 0.5) is 5.69 Å². The molecule has 3 aromatic rings. The van der Waals surface area contributed by atoms with Crippen molar-refractivity contribution in [3.63, 3.8) is 0 Å². The summed E-state index contributed by atoms with van der Waals surface area (Å²) in [6.07, 6.45) is 1.49. The maximum atomic E-state index is 12.3. The molecule has 0 aliphatic heterocycles. The largest absolute Gasteiger partial charge is 0.324 e. The summed E-state index contributed by atoms with van der Waals surface area (Å²) in [5.74, 6) is -0.680. The fourth-order valence-corrected chi connectivity index (χ4v) is 3.96. The van der Waals surface area contributed by atoms with Crippen molar-refractivity contribution >= 4 is 43.9 Å². The van der Waals surface area contributed by atoms with E-state index < -0.39 is 9.84 Å². The fourth-order valence-electron chi connectivity index (χ4n) is 2.42. The minimum atomic E-state index is -3.57. The smallest absolute Gasteiger partial charge is 0.225 e. The number of sulfone groups is 1. The molecule has 0 saturated carbocycles. The third-order valence-electron chi connectivity index (χ3n) is 3.66. The predicted molar refractivity (Wildman–Crippen MR) is 98.5 cm³/mol. The first kappa shape index (κ1) is 17.4. The number of pyridine rings is 1. The molecule has 0 aliphatic carbocycles. The molecular formula is C18H15ClN2O3S. The highest BCUT2D eigenvalue weighted by atomic mass is 35.5. The molecule has 1 heterocycles. The Balaban J connectivity index is 1.70. The van der Waals surface area contributed by atoms with E-state index in [4.69, 9.17) is 11.6 Å². The second kappa shape index (κ2) is 7.21.